The third-order valence-corrected chi connectivity index (χ3v) is 3.63. The van der Waals surface area contributed by atoms with Crippen molar-refractivity contribution in [1.82, 2.24) is 5.32 Å². The zero-order valence-electron chi connectivity index (χ0n) is 13.5. The van der Waals surface area contributed by atoms with Gasteiger partial charge in [-0.2, -0.15) is 5.06 Å². The molecule has 2 amide bonds. The van der Waals surface area contributed by atoms with Gasteiger partial charge in [0.1, 0.15) is 0 Å². The summed E-state index contributed by atoms with van der Waals surface area (Å²) >= 11 is 6.05. The van der Waals surface area contributed by atoms with Gasteiger partial charge in [0.05, 0.1) is 17.8 Å². The highest BCUT2D eigenvalue weighted by Gasteiger charge is 2.27. The molecule has 0 unspecified atom stereocenters. The molecule has 0 saturated heterocycles. The van der Waals surface area contributed by atoms with Crippen LogP contribution in [0.5, 0.6) is 0 Å². The Balaban J connectivity index is 2.21. The minimum absolute atomic E-state index is 0.331. The van der Waals surface area contributed by atoms with Crippen molar-refractivity contribution in [1.29, 1.82) is 0 Å². The van der Waals surface area contributed by atoms with E-state index in [1.54, 1.807) is 6.07 Å². The van der Waals surface area contributed by atoms with Crippen LogP contribution < -0.4 is 10.4 Å². The third kappa shape index (κ3) is 4.47. The lowest BCUT2D eigenvalue weighted by molar-refractivity contribution is 0.123. The molecule has 0 aromatic heterocycles. The highest BCUT2D eigenvalue weighted by molar-refractivity contribution is 6.30. The Morgan fingerprint density at radius 2 is 1.87 bits per heavy atom. The number of para-hydroxylation sites is 1. The summed E-state index contributed by atoms with van der Waals surface area (Å²) in [6.45, 7) is 6.07. The Kier molecular flexibility index (Phi) is 5.64. The van der Waals surface area contributed by atoms with Gasteiger partial charge < -0.3 is 5.32 Å². The quantitative estimate of drug-likeness (QED) is 0.803. The number of halogens is 1. The Labute approximate surface area is 142 Å². The van der Waals surface area contributed by atoms with Gasteiger partial charge in [-0.05, 0) is 50.6 Å². The molecule has 2 aromatic carbocycles. The SMILES string of the molecule is CCON(C(=O)NC(C)(C)c1cccc(Cl)c1)c1ccccc1. The van der Waals surface area contributed by atoms with E-state index in [2.05, 4.69) is 5.32 Å². The Morgan fingerprint density at radius 1 is 1.17 bits per heavy atom. The highest BCUT2D eigenvalue weighted by Crippen LogP contribution is 2.24. The summed E-state index contributed by atoms with van der Waals surface area (Å²) in [7, 11) is 0. The lowest BCUT2D eigenvalue weighted by Gasteiger charge is -2.30. The molecule has 2 rings (SSSR count). The fourth-order valence-electron chi connectivity index (χ4n) is 2.21. The van der Waals surface area contributed by atoms with E-state index in [0.29, 0.717) is 17.3 Å². The number of urea groups is 1. The summed E-state index contributed by atoms with van der Waals surface area (Å²) in [6, 6.07) is 16.4. The minimum atomic E-state index is -0.591. The standard InChI is InChI=1S/C18H21ClN2O2/c1-4-23-21(16-11-6-5-7-12-16)17(22)20-18(2,3)14-9-8-10-15(19)13-14/h5-13H,4H2,1-3H3,(H,20,22). The molecule has 0 radical (unpaired) electrons. The minimum Gasteiger partial charge on any atom is -0.327 e. The van der Waals surface area contributed by atoms with E-state index in [1.165, 1.54) is 5.06 Å². The molecule has 122 valence electrons. The number of carbonyl (C=O) groups excluding carboxylic acids is 1. The van der Waals surface area contributed by atoms with E-state index >= 15 is 0 Å². The van der Waals surface area contributed by atoms with Crippen molar-refractivity contribution in [3.8, 4) is 0 Å². The van der Waals surface area contributed by atoms with E-state index in [-0.39, 0.29) is 6.03 Å². The second kappa shape index (κ2) is 7.49. The molecule has 23 heavy (non-hydrogen) atoms. The zero-order valence-corrected chi connectivity index (χ0v) is 14.3. The van der Waals surface area contributed by atoms with Crippen molar-refractivity contribution < 1.29 is 9.63 Å². The van der Waals surface area contributed by atoms with Crippen molar-refractivity contribution >= 4 is 23.3 Å². The molecule has 0 fully saturated rings. The predicted octanol–water partition coefficient (Wildman–Crippen LogP) is 4.74. The average molecular weight is 333 g/mol. The maximum atomic E-state index is 12.7. The first kappa shape index (κ1) is 17.3. The lowest BCUT2D eigenvalue weighted by atomic mass is 9.94. The molecule has 0 atom stereocenters. The van der Waals surface area contributed by atoms with Crippen LogP contribution in [0.2, 0.25) is 5.02 Å². The second-order valence-corrected chi connectivity index (χ2v) is 6.05. The summed E-state index contributed by atoms with van der Waals surface area (Å²) < 4.78 is 0. The third-order valence-electron chi connectivity index (χ3n) is 3.40. The Bertz CT molecular complexity index is 659. The zero-order chi connectivity index (χ0) is 16.9. The Morgan fingerprint density at radius 3 is 2.48 bits per heavy atom. The summed E-state index contributed by atoms with van der Waals surface area (Å²) in [5.74, 6) is 0. The van der Waals surface area contributed by atoms with Crippen LogP contribution in [0.25, 0.3) is 0 Å². The first-order valence-electron chi connectivity index (χ1n) is 7.50. The summed E-state index contributed by atoms with van der Waals surface area (Å²) in [5, 5.41) is 4.89. The van der Waals surface area contributed by atoms with Gasteiger partial charge in [0.15, 0.2) is 0 Å². The van der Waals surface area contributed by atoms with E-state index < -0.39 is 5.54 Å². The number of nitrogens with one attached hydrogen (secondary N) is 1. The normalized spacial score (nSPS) is 11.1. The topological polar surface area (TPSA) is 41.6 Å². The first-order valence-corrected chi connectivity index (χ1v) is 7.88. The lowest BCUT2D eigenvalue weighted by Crippen LogP contribution is -2.48. The van der Waals surface area contributed by atoms with Crippen molar-refractivity contribution in [3.63, 3.8) is 0 Å². The fourth-order valence-corrected chi connectivity index (χ4v) is 2.40. The molecule has 0 spiro atoms. The highest BCUT2D eigenvalue weighted by atomic mass is 35.5. The van der Waals surface area contributed by atoms with Crippen molar-refractivity contribution in [2.45, 2.75) is 26.3 Å². The van der Waals surface area contributed by atoms with E-state index in [4.69, 9.17) is 16.4 Å². The smallest absolute Gasteiger partial charge is 0.327 e. The molecule has 0 bridgehead atoms. The van der Waals surface area contributed by atoms with Crippen LogP contribution in [0.1, 0.15) is 26.3 Å². The predicted molar refractivity (Wildman–Crippen MR) is 93.6 cm³/mol. The van der Waals surface area contributed by atoms with E-state index in [1.807, 2.05) is 69.3 Å². The number of hydrogen-bond acceptors (Lipinski definition) is 2. The van der Waals surface area contributed by atoms with Gasteiger partial charge in [-0.15, -0.1) is 0 Å². The first-order chi connectivity index (χ1) is 10.9. The number of anilines is 1. The van der Waals surface area contributed by atoms with Gasteiger partial charge in [0.2, 0.25) is 0 Å². The second-order valence-electron chi connectivity index (χ2n) is 5.61. The average Bonchev–Trinajstić information content (AvgIpc) is 2.53. The summed E-state index contributed by atoms with van der Waals surface area (Å²) in [5.41, 5.74) is 1.00. The number of hydroxylamine groups is 1. The molecular formula is C18H21ClN2O2. The van der Waals surface area contributed by atoms with Crippen LogP contribution in [0.3, 0.4) is 0 Å². The molecule has 0 heterocycles. The molecule has 0 aliphatic rings. The van der Waals surface area contributed by atoms with Crippen LogP contribution in [-0.4, -0.2) is 12.6 Å². The Hall–Kier alpha value is -2.04. The number of hydrogen-bond donors (Lipinski definition) is 1. The van der Waals surface area contributed by atoms with Crippen LogP contribution in [0.15, 0.2) is 54.6 Å². The maximum absolute atomic E-state index is 12.7. The number of benzene rings is 2. The molecule has 1 N–H and O–H groups in total. The van der Waals surface area contributed by atoms with Gasteiger partial charge in [-0.1, -0.05) is 41.9 Å². The summed E-state index contributed by atoms with van der Waals surface area (Å²) in [6.07, 6.45) is 0. The van der Waals surface area contributed by atoms with Gasteiger partial charge in [-0.3, -0.25) is 4.84 Å². The van der Waals surface area contributed by atoms with Gasteiger partial charge >= 0.3 is 6.03 Å². The fraction of sp³-hybridized carbons (Fsp3) is 0.278. The summed E-state index contributed by atoms with van der Waals surface area (Å²) in [4.78, 5) is 18.2. The number of carbonyl (C=O) groups is 1. The maximum Gasteiger partial charge on any atom is 0.346 e. The monoisotopic (exact) mass is 332 g/mol. The molecule has 0 aliphatic carbocycles. The molecule has 5 heteroatoms. The number of nitrogens with zero attached hydrogens (tertiary/aromatic N) is 1. The van der Waals surface area contributed by atoms with Gasteiger partial charge in [-0.25, -0.2) is 4.79 Å². The van der Waals surface area contributed by atoms with Gasteiger partial charge in [0.25, 0.3) is 0 Å². The molecule has 0 aliphatic heterocycles. The van der Waals surface area contributed by atoms with Crippen molar-refractivity contribution in [2.75, 3.05) is 11.7 Å². The van der Waals surface area contributed by atoms with E-state index in [9.17, 15) is 4.79 Å². The molecular weight excluding hydrogens is 312 g/mol. The molecule has 4 nitrogen and oxygen atoms in total. The van der Waals surface area contributed by atoms with Crippen LogP contribution >= 0.6 is 11.6 Å². The molecule has 2 aromatic rings. The number of amides is 2. The van der Waals surface area contributed by atoms with Crippen molar-refractivity contribution in [3.05, 3.63) is 65.2 Å². The number of rotatable bonds is 5. The largest absolute Gasteiger partial charge is 0.346 e. The van der Waals surface area contributed by atoms with Crippen LogP contribution in [0, 0.1) is 0 Å². The van der Waals surface area contributed by atoms with E-state index in [0.717, 1.165) is 5.56 Å². The van der Waals surface area contributed by atoms with Crippen molar-refractivity contribution in [2.24, 2.45) is 0 Å². The van der Waals surface area contributed by atoms with Crippen LogP contribution in [-0.2, 0) is 10.4 Å². The van der Waals surface area contributed by atoms with Gasteiger partial charge in [0, 0.05) is 5.02 Å². The van der Waals surface area contributed by atoms with Crippen LogP contribution in [0.4, 0.5) is 10.5 Å². The molecule has 0 saturated carbocycles.